The van der Waals surface area contributed by atoms with Gasteiger partial charge in [0.05, 0.1) is 5.92 Å². The number of anilines is 1. The number of hydrogen-bond donors (Lipinski definition) is 2. The SMILES string of the molecule is CCCNc1ncccc1CN1CCCC(C(N)=O)C1. The number of carbonyl (C=O) groups excluding carboxylic acids is 1. The summed E-state index contributed by atoms with van der Waals surface area (Å²) in [6, 6.07) is 4.06. The highest BCUT2D eigenvalue weighted by Crippen LogP contribution is 2.20. The summed E-state index contributed by atoms with van der Waals surface area (Å²) in [6.45, 7) is 5.67. The van der Waals surface area contributed by atoms with Crippen LogP contribution in [0.4, 0.5) is 5.82 Å². The zero-order valence-corrected chi connectivity index (χ0v) is 12.1. The molecular weight excluding hydrogens is 252 g/mol. The minimum atomic E-state index is -0.176. The molecule has 1 aromatic heterocycles. The highest BCUT2D eigenvalue weighted by molar-refractivity contribution is 5.76. The Hall–Kier alpha value is -1.62. The number of hydrogen-bond acceptors (Lipinski definition) is 4. The van der Waals surface area contributed by atoms with Gasteiger partial charge in [-0.05, 0) is 31.9 Å². The molecule has 2 rings (SSSR count). The second kappa shape index (κ2) is 7.24. The molecule has 1 atom stereocenters. The molecule has 3 N–H and O–H groups in total. The van der Waals surface area contributed by atoms with Crippen molar-refractivity contribution in [2.24, 2.45) is 11.7 Å². The van der Waals surface area contributed by atoms with Crippen LogP contribution < -0.4 is 11.1 Å². The molecule has 5 heteroatoms. The number of primary amides is 1. The lowest BCUT2D eigenvalue weighted by Gasteiger charge is -2.31. The van der Waals surface area contributed by atoms with Crippen molar-refractivity contribution in [3.8, 4) is 0 Å². The van der Waals surface area contributed by atoms with Crippen LogP contribution in [-0.4, -0.2) is 35.4 Å². The van der Waals surface area contributed by atoms with Crippen LogP contribution in [0.1, 0.15) is 31.7 Å². The Kier molecular flexibility index (Phi) is 5.35. The van der Waals surface area contributed by atoms with E-state index >= 15 is 0 Å². The van der Waals surface area contributed by atoms with Gasteiger partial charge < -0.3 is 11.1 Å². The number of nitrogens with one attached hydrogen (secondary N) is 1. The van der Waals surface area contributed by atoms with Gasteiger partial charge in [0.1, 0.15) is 5.82 Å². The summed E-state index contributed by atoms with van der Waals surface area (Å²) in [5, 5.41) is 3.36. The van der Waals surface area contributed by atoms with E-state index in [4.69, 9.17) is 5.73 Å². The molecule has 1 saturated heterocycles. The van der Waals surface area contributed by atoms with E-state index in [-0.39, 0.29) is 11.8 Å². The van der Waals surface area contributed by atoms with Crippen molar-refractivity contribution in [1.82, 2.24) is 9.88 Å². The minimum Gasteiger partial charge on any atom is -0.370 e. The first kappa shape index (κ1) is 14.8. The third-order valence-electron chi connectivity index (χ3n) is 3.74. The Balaban J connectivity index is 2.00. The van der Waals surface area contributed by atoms with Gasteiger partial charge in [-0.25, -0.2) is 4.98 Å². The average Bonchev–Trinajstić information content (AvgIpc) is 2.46. The summed E-state index contributed by atoms with van der Waals surface area (Å²) < 4.78 is 0. The molecule has 1 unspecified atom stereocenters. The molecule has 1 aliphatic rings. The summed E-state index contributed by atoms with van der Waals surface area (Å²) >= 11 is 0. The summed E-state index contributed by atoms with van der Waals surface area (Å²) in [7, 11) is 0. The molecule has 5 nitrogen and oxygen atoms in total. The van der Waals surface area contributed by atoms with E-state index < -0.39 is 0 Å². The number of rotatable bonds is 6. The molecule has 0 radical (unpaired) electrons. The zero-order valence-electron chi connectivity index (χ0n) is 12.1. The van der Waals surface area contributed by atoms with Gasteiger partial charge in [-0.1, -0.05) is 13.0 Å². The van der Waals surface area contributed by atoms with Gasteiger partial charge in [0.15, 0.2) is 0 Å². The number of carbonyl (C=O) groups is 1. The number of likely N-dealkylation sites (tertiary alicyclic amines) is 1. The lowest BCUT2D eigenvalue weighted by molar-refractivity contribution is -0.123. The van der Waals surface area contributed by atoms with Crippen molar-refractivity contribution in [2.45, 2.75) is 32.7 Å². The Morgan fingerprint density at radius 3 is 3.20 bits per heavy atom. The van der Waals surface area contributed by atoms with Gasteiger partial charge in [-0.2, -0.15) is 0 Å². The predicted molar refractivity (Wildman–Crippen MR) is 80.2 cm³/mol. The molecule has 2 heterocycles. The largest absolute Gasteiger partial charge is 0.370 e. The number of nitrogens with zero attached hydrogens (tertiary/aromatic N) is 2. The lowest BCUT2D eigenvalue weighted by atomic mass is 9.97. The van der Waals surface area contributed by atoms with Crippen molar-refractivity contribution >= 4 is 11.7 Å². The highest BCUT2D eigenvalue weighted by Gasteiger charge is 2.24. The molecule has 0 spiro atoms. The molecule has 0 saturated carbocycles. The molecule has 0 aliphatic carbocycles. The monoisotopic (exact) mass is 276 g/mol. The van der Waals surface area contributed by atoms with Gasteiger partial charge in [0.25, 0.3) is 0 Å². The molecule has 20 heavy (non-hydrogen) atoms. The number of nitrogens with two attached hydrogens (primary N) is 1. The molecule has 110 valence electrons. The van der Waals surface area contributed by atoms with Crippen LogP contribution in [0.3, 0.4) is 0 Å². The van der Waals surface area contributed by atoms with Crippen molar-refractivity contribution in [2.75, 3.05) is 25.0 Å². The van der Waals surface area contributed by atoms with E-state index in [1.54, 1.807) is 0 Å². The maximum absolute atomic E-state index is 11.3. The van der Waals surface area contributed by atoms with E-state index in [1.165, 1.54) is 5.56 Å². The maximum atomic E-state index is 11.3. The van der Waals surface area contributed by atoms with Gasteiger partial charge in [0, 0.05) is 31.4 Å². The van der Waals surface area contributed by atoms with E-state index in [9.17, 15) is 4.79 Å². The van der Waals surface area contributed by atoms with Crippen LogP contribution >= 0.6 is 0 Å². The Morgan fingerprint density at radius 2 is 2.45 bits per heavy atom. The number of amides is 1. The molecule has 1 fully saturated rings. The number of pyridine rings is 1. The van der Waals surface area contributed by atoms with E-state index in [0.717, 1.165) is 51.3 Å². The van der Waals surface area contributed by atoms with Gasteiger partial charge in [-0.3, -0.25) is 9.69 Å². The molecule has 1 aromatic rings. The van der Waals surface area contributed by atoms with Crippen LogP contribution in [0.15, 0.2) is 18.3 Å². The van der Waals surface area contributed by atoms with Crippen molar-refractivity contribution in [3.05, 3.63) is 23.9 Å². The Bertz CT molecular complexity index is 449. The van der Waals surface area contributed by atoms with Crippen LogP contribution in [0.2, 0.25) is 0 Å². The average molecular weight is 276 g/mol. The van der Waals surface area contributed by atoms with Crippen LogP contribution in [0, 0.1) is 5.92 Å². The van der Waals surface area contributed by atoms with E-state index in [1.807, 2.05) is 12.3 Å². The second-order valence-electron chi connectivity index (χ2n) is 5.41. The third-order valence-corrected chi connectivity index (χ3v) is 3.74. The highest BCUT2D eigenvalue weighted by atomic mass is 16.1. The first-order valence-electron chi connectivity index (χ1n) is 7.40. The Labute approximate surface area is 120 Å². The summed E-state index contributed by atoms with van der Waals surface area (Å²) in [5.41, 5.74) is 6.61. The first-order chi connectivity index (χ1) is 9.70. The smallest absolute Gasteiger partial charge is 0.221 e. The maximum Gasteiger partial charge on any atom is 0.221 e. The summed E-state index contributed by atoms with van der Waals surface area (Å²) in [4.78, 5) is 18.0. The third kappa shape index (κ3) is 3.93. The molecule has 1 aliphatic heterocycles. The van der Waals surface area contributed by atoms with Crippen molar-refractivity contribution in [3.63, 3.8) is 0 Å². The quantitative estimate of drug-likeness (QED) is 0.828. The van der Waals surface area contributed by atoms with Crippen molar-refractivity contribution < 1.29 is 4.79 Å². The Morgan fingerprint density at radius 1 is 1.60 bits per heavy atom. The first-order valence-corrected chi connectivity index (χ1v) is 7.40. The molecular formula is C15H24N4O. The lowest BCUT2D eigenvalue weighted by Crippen LogP contribution is -2.40. The van der Waals surface area contributed by atoms with Gasteiger partial charge in [-0.15, -0.1) is 0 Å². The topological polar surface area (TPSA) is 71.2 Å². The van der Waals surface area contributed by atoms with E-state index in [2.05, 4.69) is 28.2 Å². The summed E-state index contributed by atoms with van der Waals surface area (Å²) in [5.74, 6) is 0.772. The van der Waals surface area contributed by atoms with E-state index in [0.29, 0.717) is 0 Å². The fourth-order valence-electron chi connectivity index (χ4n) is 2.64. The van der Waals surface area contributed by atoms with Crippen LogP contribution in [-0.2, 0) is 11.3 Å². The van der Waals surface area contributed by atoms with Gasteiger partial charge >= 0.3 is 0 Å². The normalized spacial score (nSPS) is 19.8. The van der Waals surface area contributed by atoms with Crippen LogP contribution in [0.25, 0.3) is 0 Å². The van der Waals surface area contributed by atoms with Crippen molar-refractivity contribution in [1.29, 1.82) is 0 Å². The molecule has 0 bridgehead atoms. The fourth-order valence-corrected chi connectivity index (χ4v) is 2.64. The second-order valence-corrected chi connectivity index (χ2v) is 5.41. The minimum absolute atomic E-state index is 0.00697. The number of piperidine rings is 1. The van der Waals surface area contributed by atoms with Crippen LogP contribution in [0.5, 0.6) is 0 Å². The standard InChI is InChI=1S/C15H24N4O/c1-2-7-17-15-13(5-3-8-18-15)11-19-9-4-6-12(10-19)14(16)20/h3,5,8,12H,2,4,6-7,9-11H2,1H3,(H2,16,20)(H,17,18). The summed E-state index contributed by atoms with van der Waals surface area (Å²) in [6.07, 6.45) is 4.83. The van der Waals surface area contributed by atoms with Gasteiger partial charge in [0.2, 0.25) is 5.91 Å². The molecule has 0 aromatic carbocycles. The molecule has 1 amide bonds. The predicted octanol–water partition coefficient (Wildman–Crippen LogP) is 1.60. The zero-order chi connectivity index (χ0) is 14.4. The number of aromatic nitrogens is 1. The fraction of sp³-hybridized carbons (Fsp3) is 0.600.